The largest absolute Gasteiger partial charge is 0.358 e. The smallest absolute Gasteiger partial charge is 0.171 e. The zero-order valence-corrected chi connectivity index (χ0v) is 13.7. The lowest BCUT2D eigenvalue weighted by atomic mass is 10.1. The lowest BCUT2D eigenvalue weighted by Gasteiger charge is -2.16. The van der Waals surface area contributed by atoms with Gasteiger partial charge in [0.15, 0.2) is 5.11 Å². The highest BCUT2D eigenvalue weighted by molar-refractivity contribution is 7.80. The van der Waals surface area contributed by atoms with Crippen LogP contribution >= 0.6 is 12.2 Å². The fourth-order valence-corrected chi connectivity index (χ4v) is 2.42. The number of benzene rings is 2. The molecule has 0 unspecified atom stereocenters. The van der Waals surface area contributed by atoms with E-state index in [4.69, 9.17) is 12.2 Å². The van der Waals surface area contributed by atoms with E-state index >= 15 is 0 Å². The van der Waals surface area contributed by atoms with Gasteiger partial charge in [-0.3, -0.25) is 0 Å². The summed E-state index contributed by atoms with van der Waals surface area (Å²) in [7, 11) is 0. The molecule has 2 aromatic rings. The van der Waals surface area contributed by atoms with Gasteiger partial charge in [0, 0.05) is 12.2 Å². The minimum Gasteiger partial charge on any atom is -0.358 e. The highest BCUT2D eigenvalue weighted by Crippen LogP contribution is 2.20. The number of rotatable bonds is 4. The Bertz CT molecular complexity index is 618. The summed E-state index contributed by atoms with van der Waals surface area (Å²) in [5.74, 6) is 0. The van der Waals surface area contributed by atoms with Crippen LogP contribution in [0.4, 0.5) is 5.69 Å². The van der Waals surface area contributed by atoms with Crippen molar-refractivity contribution in [3.63, 3.8) is 0 Å². The van der Waals surface area contributed by atoms with Gasteiger partial charge in [-0.2, -0.15) is 0 Å². The summed E-state index contributed by atoms with van der Waals surface area (Å²) in [6, 6.07) is 14.8. The third kappa shape index (κ3) is 4.30. The van der Waals surface area contributed by atoms with E-state index in [9.17, 15) is 0 Å². The summed E-state index contributed by atoms with van der Waals surface area (Å²) in [5, 5.41) is 7.26. The van der Waals surface area contributed by atoms with Crippen molar-refractivity contribution in [2.45, 2.75) is 33.7 Å². The molecule has 2 N–H and O–H groups in total. The number of para-hydroxylation sites is 1. The second-order valence-electron chi connectivity index (χ2n) is 5.26. The maximum atomic E-state index is 5.41. The van der Waals surface area contributed by atoms with E-state index in [2.05, 4.69) is 73.9 Å². The SMILES string of the molecule is CCc1cccc(C)c1NC(=S)NCc1ccc(C)cc1. The third-order valence-corrected chi connectivity index (χ3v) is 3.80. The summed E-state index contributed by atoms with van der Waals surface area (Å²) in [4.78, 5) is 0. The van der Waals surface area contributed by atoms with Crippen molar-refractivity contribution in [3.05, 3.63) is 64.7 Å². The Balaban J connectivity index is 1.97. The first-order valence-corrected chi connectivity index (χ1v) is 7.70. The van der Waals surface area contributed by atoms with Gasteiger partial charge in [0.2, 0.25) is 0 Å². The number of hydrogen-bond donors (Lipinski definition) is 2. The van der Waals surface area contributed by atoms with Crippen LogP contribution in [0.5, 0.6) is 0 Å². The molecular weight excluding hydrogens is 276 g/mol. The molecule has 0 bridgehead atoms. The molecule has 0 aliphatic carbocycles. The third-order valence-electron chi connectivity index (χ3n) is 3.55. The van der Waals surface area contributed by atoms with Crippen LogP contribution in [0, 0.1) is 13.8 Å². The van der Waals surface area contributed by atoms with Crippen LogP contribution in [0.25, 0.3) is 0 Å². The Morgan fingerprint density at radius 1 is 1.05 bits per heavy atom. The van der Waals surface area contributed by atoms with E-state index in [0.29, 0.717) is 5.11 Å². The van der Waals surface area contributed by atoms with Crippen molar-refractivity contribution in [2.24, 2.45) is 0 Å². The van der Waals surface area contributed by atoms with E-state index in [0.717, 1.165) is 18.7 Å². The molecule has 2 rings (SSSR count). The molecule has 2 nitrogen and oxygen atoms in total. The van der Waals surface area contributed by atoms with Gasteiger partial charge in [0.25, 0.3) is 0 Å². The average molecular weight is 298 g/mol. The summed E-state index contributed by atoms with van der Waals surface area (Å²) in [5.41, 5.74) is 6.13. The molecule has 0 fully saturated rings. The molecule has 21 heavy (non-hydrogen) atoms. The zero-order valence-electron chi connectivity index (χ0n) is 12.9. The van der Waals surface area contributed by atoms with Crippen molar-refractivity contribution in [2.75, 3.05) is 5.32 Å². The highest BCUT2D eigenvalue weighted by atomic mass is 32.1. The molecule has 0 aliphatic rings. The summed E-state index contributed by atoms with van der Waals surface area (Å²) in [6.45, 7) is 7.08. The summed E-state index contributed by atoms with van der Waals surface area (Å²) < 4.78 is 0. The van der Waals surface area contributed by atoms with Crippen molar-refractivity contribution < 1.29 is 0 Å². The Hall–Kier alpha value is -1.87. The predicted molar refractivity (Wildman–Crippen MR) is 94.8 cm³/mol. The number of nitrogens with one attached hydrogen (secondary N) is 2. The molecule has 110 valence electrons. The van der Waals surface area contributed by atoms with Gasteiger partial charge in [-0.25, -0.2) is 0 Å². The van der Waals surface area contributed by atoms with Gasteiger partial charge < -0.3 is 10.6 Å². The van der Waals surface area contributed by atoms with Gasteiger partial charge in [-0.15, -0.1) is 0 Å². The number of hydrogen-bond acceptors (Lipinski definition) is 1. The predicted octanol–water partition coefficient (Wildman–Crippen LogP) is 4.35. The van der Waals surface area contributed by atoms with Gasteiger partial charge in [-0.05, 0) is 49.2 Å². The molecule has 0 aliphatic heterocycles. The topological polar surface area (TPSA) is 24.1 Å². The Morgan fingerprint density at radius 2 is 1.76 bits per heavy atom. The van der Waals surface area contributed by atoms with E-state index in [1.165, 1.54) is 22.3 Å². The van der Waals surface area contributed by atoms with Gasteiger partial charge in [-0.1, -0.05) is 55.0 Å². The molecule has 2 aromatic carbocycles. The van der Waals surface area contributed by atoms with E-state index in [-0.39, 0.29) is 0 Å². The maximum Gasteiger partial charge on any atom is 0.171 e. The van der Waals surface area contributed by atoms with Gasteiger partial charge in [0.05, 0.1) is 0 Å². The van der Waals surface area contributed by atoms with Crippen LogP contribution in [-0.2, 0) is 13.0 Å². The molecule has 0 aromatic heterocycles. The van der Waals surface area contributed by atoms with Crippen LogP contribution in [0.2, 0.25) is 0 Å². The Kier molecular flexibility index (Phi) is 5.34. The van der Waals surface area contributed by atoms with Crippen molar-refractivity contribution in [1.82, 2.24) is 5.32 Å². The molecule has 0 amide bonds. The molecule has 0 atom stereocenters. The van der Waals surface area contributed by atoms with E-state index < -0.39 is 0 Å². The van der Waals surface area contributed by atoms with Crippen LogP contribution < -0.4 is 10.6 Å². The zero-order chi connectivity index (χ0) is 15.2. The van der Waals surface area contributed by atoms with Gasteiger partial charge in [0.1, 0.15) is 0 Å². The quantitative estimate of drug-likeness (QED) is 0.821. The molecule has 3 heteroatoms. The van der Waals surface area contributed by atoms with Gasteiger partial charge >= 0.3 is 0 Å². The van der Waals surface area contributed by atoms with Crippen molar-refractivity contribution in [3.8, 4) is 0 Å². The normalized spacial score (nSPS) is 10.2. The summed E-state index contributed by atoms with van der Waals surface area (Å²) in [6.07, 6.45) is 0.991. The second-order valence-corrected chi connectivity index (χ2v) is 5.66. The minimum absolute atomic E-state index is 0.666. The number of thiocarbonyl (C=S) groups is 1. The fraction of sp³-hybridized carbons (Fsp3) is 0.278. The second kappa shape index (κ2) is 7.23. The molecule has 0 saturated carbocycles. The number of anilines is 1. The van der Waals surface area contributed by atoms with Crippen molar-refractivity contribution in [1.29, 1.82) is 0 Å². The minimum atomic E-state index is 0.666. The van der Waals surface area contributed by atoms with E-state index in [1.54, 1.807) is 0 Å². The Labute approximate surface area is 132 Å². The standard InChI is InChI=1S/C18H22N2S/c1-4-16-7-5-6-14(3)17(16)20-18(21)19-12-15-10-8-13(2)9-11-15/h5-11H,4,12H2,1-3H3,(H2,19,20,21). The highest BCUT2D eigenvalue weighted by Gasteiger charge is 2.05. The molecule has 0 spiro atoms. The van der Waals surface area contributed by atoms with Crippen LogP contribution in [-0.4, -0.2) is 5.11 Å². The average Bonchev–Trinajstić information content (AvgIpc) is 2.49. The lowest BCUT2D eigenvalue weighted by Crippen LogP contribution is -2.28. The first-order valence-electron chi connectivity index (χ1n) is 7.29. The molecule has 0 heterocycles. The summed E-state index contributed by atoms with van der Waals surface area (Å²) >= 11 is 5.41. The number of aryl methyl sites for hydroxylation is 3. The molecule has 0 saturated heterocycles. The Morgan fingerprint density at radius 3 is 2.43 bits per heavy atom. The molecule has 0 radical (unpaired) electrons. The first-order chi connectivity index (χ1) is 10.1. The maximum absolute atomic E-state index is 5.41. The first kappa shape index (κ1) is 15.5. The molecular formula is C18H22N2S. The van der Waals surface area contributed by atoms with Crippen molar-refractivity contribution >= 4 is 23.0 Å². The fourth-order valence-electron chi connectivity index (χ4n) is 2.25. The van der Waals surface area contributed by atoms with E-state index in [1.807, 2.05) is 0 Å². The lowest BCUT2D eigenvalue weighted by molar-refractivity contribution is 0.924. The monoisotopic (exact) mass is 298 g/mol. The van der Waals surface area contributed by atoms with Crippen LogP contribution in [0.3, 0.4) is 0 Å². The van der Waals surface area contributed by atoms with Crippen LogP contribution in [0.15, 0.2) is 42.5 Å². The van der Waals surface area contributed by atoms with Crippen LogP contribution in [0.1, 0.15) is 29.2 Å².